The van der Waals surface area contributed by atoms with Crippen LogP contribution in [-0.4, -0.2) is 60.6 Å². The predicted molar refractivity (Wildman–Crippen MR) is 125 cm³/mol. The molecule has 10 heteroatoms. The van der Waals surface area contributed by atoms with E-state index in [1.807, 2.05) is 12.1 Å². The molecule has 1 aromatic carbocycles. The predicted octanol–water partition coefficient (Wildman–Crippen LogP) is 2.79. The van der Waals surface area contributed by atoms with Crippen molar-refractivity contribution in [2.24, 2.45) is 0 Å². The summed E-state index contributed by atoms with van der Waals surface area (Å²) in [6.45, 7) is 5.52. The van der Waals surface area contributed by atoms with Gasteiger partial charge in [0.25, 0.3) is 5.78 Å². The van der Waals surface area contributed by atoms with Crippen LogP contribution in [0.1, 0.15) is 18.7 Å². The van der Waals surface area contributed by atoms with Crippen molar-refractivity contribution >= 4 is 28.6 Å². The monoisotopic (exact) mass is 441 g/mol. The normalized spacial score (nSPS) is 16.0. The maximum atomic E-state index is 6.16. The maximum Gasteiger partial charge on any atom is 0.259 e. The van der Waals surface area contributed by atoms with Crippen molar-refractivity contribution in [1.82, 2.24) is 34.4 Å². The van der Waals surface area contributed by atoms with Gasteiger partial charge >= 0.3 is 0 Å². The fraction of sp³-hybridized carbons (Fsp3) is 0.261. The van der Waals surface area contributed by atoms with Crippen LogP contribution in [0.4, 0.5) is 11.9 Å². The number of benzene rings is 1. The Hall–Kier alpha value is -4.05. The van der Waals surface area contributed by atoms with E-state index in [1.165, 1.54) is 4.52 Å². The lowest BCUT2D eigenvalue weighted by Gasteiger charge is -2.37. The van der Waals surface area contributed by atoms with Crippen molar-refractivity contribution in [2.75, 3.05) is 36.8 Å². The number of piperazine rings is 1. The van der Waals surface area contributed by atoms with Crippen molar-refractivity contribution in [3.05, 3.63) is 60.5 Å². The van der Waals surface area contributed by atoms with Crippen LogP contribution in [0, 0.1) is 0 Å². The number of hydrogen-bond donors (Lipinski definition) is 1. The van der Waals surface area contributed by atoms with E-state index in [-0.39, 0.29) is 12.0 Å². The molecule has 0 aliphatic carbocycles. The second-order valence-electron chi connectivity index (χ2n) is 8.13. The van der Waals surface area contributed by atoms with Gasteiger partial charge < -0.3 is 15.1 Å². The Balaban J connectivity index is 1.19. The van der Waals surface area contributed by atoms with E-state index in [4.69, 9.17) is 15.1 Å². The first-order valence-electron chi connectivity index (χ1n) is 10.9. The molecule has 0 amide bonds. The molecule has 5 heterocycles. The minimum atomic E-state index is 0.220. The number of nitrogens with two attached hydrogens (primary N) is 1. The number of fused-ring (bicyclic) bond motifs is 2. The van der Waals surface area contributed by atoms with Crippen molar-refractivity contribution in [3.8, 4) is 11.6 Å². The van der Waals surface area contributed by atoms with Gasteiger partial charge in [-0.15, -0.1) is 5.10 Å². The SMILES string of the molecule is CC(c1ccc2ccccc2n1)N1CCN(c2nc(N)n3nc(-c4ccco4)nc3n2)CC1. The number of anilines is 2. The smallest absolute Gasteiger partial charge is 0.259 e. The summed E-state index contributed by atoms with van der Waals surface area (Å²) in [4.78, 5) is 23.0. The Morgan fingerprint density at radius 2 is 1.76 bits per heavy atom. The molecule has 0 saturated carbocycles. The number of nitrogen functional groups attached to an aromatic ring is 1. The van der Waals surface area contributed by atoms with Gasteiger partial charge in [-0.25, -0.2) is 0 Å². The van der Waals surface area contributed by atoms with Crippen molar-refractivity contribution < 1.29 is 4.42 Å². The lowest BCUT2D eigenvalue weighted by molar-refractivity contribution is 0.195. The van der Waals surface area contributed by atoms with Gasteiger partial charge in [0.1, 0.15) is 0 Å². The second-order valence-corrected chi connectivity index (χ2v) is 8.13. The van der Waals surface area contributed by atoms with Gasteiger partial charge in [-0.1, -0.05) is 24.3 Å². The molecule has 1 aliphatic rings. The van der Waals surface area contributed by atoms with Crippen LogP contribution in [0.2, 0.25) is 0 Å². The zero-order valence-corrected chi connectivity index (χ0v) is 18.2. The van der Waals surface area contributed by atoms with Crippen molar-refractivity contribution in [1.29, 1.82) is 0 Å². The molecule has 166 valence electrons. The van der Waals surface area contributed by atoms with Crippen molar-refractivity contribution in [2.45, 2.75) is 13.0 Å². The molecule has 5 aromatic rings. The third-order valence-corrected chi connectivity index (χ3v) is 6.16. The average Bonchev–Trinajstić information content (AvgIpc) is 3.54. The third kappa shape index (κ3) is 3.54. The molecule has 2 N–H and O–H groups in total. The molecular formula is C23H23N9O. The summed E-state index contributed by atoms with van der Waals surface area (Å²) >= 11 is 0. The van der Waals surface area contributed by atoms with E-state index in [2.05, 4.69) is 61.0 Å². The van der Waals surface area contributed by atoms with Gasteiger partial charge in [0.05, 0.1) is 17.5 Å². The number of para-hydroxylation sites is 1. The van der Waals surface area contributed by atoms with E-state index in [0.29, 0.717) is 23.3 Å². The van der Waals surface area contributed by atoms with Gasteiger partial charge in [-0.2, -0.15) is 19.5 Å². The van der Waals surface area contributed by atoms with E-state index in [1.54, 1.807) is 18.4 Å². The van der Waals surface area contributed by atoms with E-state index < -0.39 is 0 Å². The van der Waals surface area contributed by atoms with Gasteiger partial charge in [-0.3, -0.25) is 9.88 Å². The van der Waals surface area contributed by atoms with Gasteiger partial charge in [0, 0.05) is 37.6 Å². The minimum absolute atomic E-state index is 0.220. The second kappa shape index (κ2) is 7.82. The molecule has 10 nitrogen and oxygen atoms in total. The highest BCUT2D eigenvalue weighted by Gasteiger charge is 2.25. The first kappa shape index (κ1) is 19.6. The molecule has 1 unspecified atom stereocenters. The van der Waals surface area contributed by atoms with Gasteiger partial charge in [0.2, 0.25) is 17.7 Å². The summed E-state index contributed by atoms with van der Waals surface area (Å²) in [5.41, 5.74) is 8.27. The maximum absolute atomic E-state index is 6.16. The highest BCUT2D eigenvalue weighted by Crippen LogP contribution is 2.24. The van der Waals surface area contributed by atoms with Crippen molar-refractivity contribution in [3.63, 3.8) is 0 Å². The largest absolute Gasteiger partial charge is 0.461 e. The van der Waals surface area contributed by atoms with E-state index in [9.17, 15) is 0 Å². The molecule has 1 fully saturated rings. The topological polar surface area (TPSA) is 114 Å². The molecule has 4 aromatic heterocycles. The molecule has 0 spiro atoms. The molecule has 1 aliphatic heterocycles. The number of aromatic nitrogens is 6. The zero-order valence-electron chi connectivity index (χ0n) is 18.2. The lowest BCUT2D eigenvalue weighted by Crippen LogP contribution is -2.48. The summed E-state index contributed by atoms with van der Waals surface area (Å²) in [7, 11) is 0. The molecule has 0 radical (unpaired) electrons. The highest BCUT2D eigenvalue weighted by molar-refractivity contribution is 5.78. The Bertz CT molecular complexity index is 1420. The number of rotatable bonds is 4. The molecular weight excluding hydrogens is 418 g/mol. The fourth-order valence-electron chi connectivity index (χ4n) is 4.26. The number of furan rings is 1. The van der Waals surface area contributed by atoms with E-state index >= 15 is 0 Å². The van der Waals surface area contributed by atoms with Gasteiger partial charge in [0.15, 0.2) is 5.76 Å². The van der Waals surface area contributed by atoms with Crippen LogP contribution in [0.3, 0.4) is 0 Å². The highest BCUT2D eigenvalue weighted by atomic mass is 16.3. The average molecular weight is 441 g/mol. The molecule has 33 heavy (non-hydrogen) atoms. The Morgan fingerprint density at radius 1 is 0.909 bits per heavy atom. The zero-order chi connectivity index (χ0) is 22.4. The third-order valence-electron chi connectivity index (χ3n) is 6.16. The lowest BCUT2D eigenvalue weighted by atomic mass is 10.1. The number of nitrogens with zero attached hydrogens (tertiary/aromatic N) is 8. The molecule has 1 saturated heterocycles. The van der Waals surface area contributed by atoms with Crippen LogP contribution in [0.15, 0.2) is 59.2 Å². The summed E-state index contributed by atoms with van der Waals surface area (Å²) in [5.74, 6) is 2.21. The quantitative estimate of drug-likeness (QED) is 0.449. The Morgan fingerprint density at radius 3 is 2.58 bits per heavy atom. The number of hydrogen-bond acceptors (Lipinski definition) is 9. The minimum Gasteiger partial charge on any atom is -0.461 e. The first-order chi connectivity index (χ1) is 16.2. The van der Waals surface area contributed by atoms with E-state index in [0.717, 1.165) is 42.8 Å². The summed E-state index contributed by atoms with van der Waals surface area (Å²) in [6, 6.07) is 16.3. The van der Waals surface area contributed by atoms with Crippen LogP contribution in [-0.2, 0) is 0 Å². The van der Waals surface area contributed by atoms with Crippen LogP contribution < -0.4 is 10.6 Å². The Labute approximate surface area is 189 Å². The summed E-state index contributed by atoms with van der Waals surface area (Å²) in [6.07, 6.45) is 1.58. The molecule has 6 rings (SSSR count). The van der Waals surface area contributed by atoms with Crippen LogP contribution >= 0.6 is 0 Å². The molecule has 1 atom stereocenters. The van der Waals surface area contributed by atoms with Crippen LogP contribution in [0.5, 0.6) is 0 Å². The van der Waals surface area contributed by atoms with Crippen LogP contribution in [0.25, 0.3) is 28.3 Å². The standard InChI is InChI=1S/C23H23N9O/c1-15(17-9-8-16-5-2-3-6-18(16)25-17)30-10-12-31(13-11-30)22-27-21(24)32-23(28-22)26-20(29-32)19-7-4-14-33-19/h2-9,14-15H,10-13H2,1H3,(H2,24,26,27,28,29). The van der Waals surface area contributed by atoms with Gasteiger partial charge in [-0.05, 0) is 31.2 Å². The summed E-state index contributed by atoms with van der Waals surface area (Å²) in [5, 5.41) is 5.52. The number of pyridine rings is 1. The first-order valence-corrected chi connectivity index (χ1v) is 10.9. The Kier molecular flexibility index (Phi) is 4.65. The summed E-state index contributed by atoms with van der Waals surface area (Å²) < 4.78 is 6.82. The molecule has 0 bridgehead atoms. The fourth-order valence-corrected chi connectivity index (χ4v) is 4.26.